The van der Waals surface area contributed by atoms with Gasteiger partial charge in [0, 0.05) is 18.2 Å². The van der Waals surface area contributed by atoms with Crippen LogP contribution in [0.15, 0.2) is 18.2 Å². The molecular weight excluding hydrogens is 249 g/mol. The number of aliphatic carboxylic acids is 1. The van der Waals surface area contributed by atoms with Gasteiger partial charge in [0.25, 0.3) is 0 Å². The van der Waals surface area contributed by atoms with Crippen molar-refractivity contribution >= 4 is 5.97 Å². The summed E-state index contributed by atoms with van der Waals surface area (Å²) in [5.41, 5.74) is -0.583. The lowest BCUT2D eigenvalue weighted by atomic mass is 9.92. The van der Waals surface area contributed by atoms with E-state index in [0.717, 1.165) is 0 Å². The van der Waals surface area contributed by atoms with E-state index < -0.39 is 17.3 Å². The first-order valence-electron chi connectivity index (χ1n) is 6.30. The summed E-state index contributed by atoms with van der Waals surface area (Å²) in [6.45, 7) is 3.77. The Kier molecular flexibility index (Phi) is 5.30. The van der Waals surface area contributed by atoms with E-state index in [-0.39, 0.29) is 6.54 Å². The van der Waals surface area contributed by atoms with Gasteiger partial charge in [-0.15, -0.1) is 0 Å². The molecule has 1 rings (SSSR count). The van der Waals surface area contributed by atoms with E-state index in [0.29, 0.717) is 24.2 Å². The van der Waals surface area contributed by atoms with Crippen LogP contribution in [0.25, 0.3) is 0 Å². The maximum absolute atomic E-state index is 13.8. The first-order valence-corrected chi connectivity index (χ1v) is 6.30. The Morgan fingerprint density at radius 2 is 2.05 bits per heavy atom. The molecule has 0 bridgehead atoms. The van der Waals surface area contributed by atoms with E-state index in [1.165, 1.54) is 13.2 Å². The Bertz CT molecular complexity index is 444. The molecule has 0 saturated carbocycles. The smallest absolute Gasteiger partial charge is 0.323 e. The van der Waals surface area contributed by atoms with Gasteiger partial charge in [-0.2, -0.15) is 0 Å². The molecule has 0 aromatic heterocycles. The van der Waals surface area contributed by atoms with Gasteiger partial charge < -0.3 is 9.84 Å². The number of methoxy groups -OCH3 is 1. The maximum atomic E-state index is 13.8. The molecule has 1 aromatic rings. The molecule has 0 aliphatic heterocycles. The van der Waals surface area contributed by atoms with Crippen LogP contribution in [-0.2, 0) is 11.3 Å². The zero-order valence-electron chi connectivity index (χ0n) is 11.5. The lowest BCUT2D eigenvalue weighted by molar-refractivity contribution is -0.145. The fraction of sp³-hybridized carbons (Fsp3) is 0.500. The highest BCUT2D eigenvalue weighted by atomic mass is 19.1. The summed E-state index contributed by atoms with van der Waals surface area (Å²) in [5, 5.41) is 12.2. The topological polar surface area (TPSA) is 58.6 Å². The van der Waals surface area contributed by atoms with Crippen LogP contribution >= 0.6 is 0 Å². The Morgan fingerprint density at radius 3 is 2.47 bits per heavy atom. The van der Waals surface area contributed by atoms with E-state index in [4.69, 9.17) is 4.74 Å². The van der Waals surface area contributed by atoms with Gasteiger partial charge in [-0.3, -0.25) is 10.1 Å². The third-order valence-corrected chi connectivity index (χ3v) is 3.49. The number of ether oxygens (including phenoxy) is 1. The van der Waals surface area contributed by atoms with Crippen molar-refractivity contribution in [2.45, 2.75) is 38.8 Å². The summed E-state index contributed by atoms with van der Waals surface area (Å²) >= 11 is 0. The van der Waals surface area contributed by atoms with Crippen molar-refractivity contribution < 1.29 is 19.0 Å². The quantitative estimate of drug-likeness (QED) is 0.798. The average Bonchev–Trinajstić information content (AvgIpc) is 2.41. The molecule has 2 N–H and O–H groups in total. The van der Waals surface area contributed by atoms with Gasteiger partial charge in [-0.25, -0.2) is 4.39 Å². The van der Waals surface area contributed by atoms with Crippen LogP contribution in [0.3, 0.4) is 0 Å². The highest BCUT2D eigenvalue weighted by molar-refractivity contribution is 5.78. The molecule has 0 aliphatic rings. The van der Waals surface area contributed by atoms with Crippen molar-refractivity contribution in [3.63, 3.8) is 0 Å². The summed E-state index contributed by atoms with van der Waals surface area (Å²) in [6, 6.07) is 4.54. The van der Waals surface area contributed by atoms with E-state index in [9.17, 15) is 14.3 Å². The maximum Gasteiger partial charge on any atom is 0.323 e. The van der Waals surface area contributed by atoms with Crippen molar-refractivity contribution in [1.82, 2.24) is 5.32 Å². The Morgan fingerprint density at radius 1 is 1.42 bits per heavy atom. The number of carboxylic acids is 1. The van der Waals surface area contributed by atoms with Crippen LogP contribution in [0, 0.1) is 5.82 Å². The summed E-state index contributed by atoms with van der Waals surface area (Å²) in [5.74, 6) is -0.874. The number of hydrogen-bond acceptors (Lipinski definition) is 3. The zero-order valence-corrected chi connectivity index (χ0v) is 11.5. The van der Waals surface area contributed by atoms with Crippen LogP contribution in [0.1, 0.15) is 32.3 Å². The van der Waals surface area contributed by atoms with Crippen molar-refractivity contribution in [1.29, 1.82) is 0 Å². The molecule has 1 aromatic carbocycles. The van der Waals surface area contributed by atoms with Crippen molar-refractivity contribution in [2.75, 3.05) is 7.11 Å². The van der Waals surface area contributed by atoms with Gasteiger partial charge in [-0.1, -0.05) is 19.9 Å². The molecule has 0 heterocycles. The second-order valence-corrected chi connectivity index (χ2v) is 4.41. The largest absolute Gasteiger partial charge is 0.497 e. The molecule has 0 amide bonds. The van der Waals surface area contributed by atoms with Crippen LogP contribution in [-0.4, -0.2) is 23.7 Å². The normalized spacial score (nSPS) is 11.4. The SMILES string of the molecule is CCC(CC)(NCc1ccc(OC)cc1F)C(=O)O. The lowest BCUT2D eigenvalue weighted by Gasteiger charge is -2.28. The molecule has 4 nitrogen and oxygen atoms in total. The molecule has 0 unspecified atom stereocenters. The number of hydrogen-bond donors (Lipinski definition) is 2. The highest BCUT2D eigenvalue weighted by Crippen LogP contribution is 2.19. The average molecular weight is 269 g/mol. The van der Waals surface area contributed by atoms with Gasteiger partial charge >= 0.3 is 5.97 Å². The second kappa shape index (κ2) is 6.52. The van der Waals surface area contributed by atoms with Crippen LogP contribution in [0.2, 0.25) is 0 Å². The van der Waals surface area contributed by atoms with E-state index in [1.807, 2.05) is 0 Å². The monoisotopic (exact) mass is 269 g/mol. The minimum atomic E-state index is -1.01. The summed E-state index contributed by atoms with van der Waals surface area (Å²) in [6.07, 6.45) is 0.882. The first-order chi connectivity index (χ1) is 8.99. The Labute approximate surface area is 112 Å². The van der Waals surface area contributed by atoms with Crippen molar-refractivity contribution in [3.8, 4) is 5.75 Å². The number of halogens is 1. The minimum absolute atomic E-state index is 0.170. The number of nitrogens with one attached hydrogen (secondary N) is 1. The number of benzene rings is 1. The summed E-state index contributed by atoms with van der Waals surface area (Å²) in [7, 11) is 1.47. The van der Waals surface area contributed by atoms with E-state index in [2.05, 4.69) is 5.32 Å². The number of carboxylic acid groups (broad SMARTS) is 1. The van der Waals surface area contributed by atoms with E-state index in [1.54, 1.807) is 26.0 Å². The van der Waals surface area contributed by atoms with Crippen molar-refractivity contribution in [2.24, 2.45) is 0 Å². The van der Waals surface area contributed by atoms with Gasteiger partial charge in [0.05, 0.1) is 7.11 Å². The Balaban J connectivity index is 2.83. The fourth-order valence-electron chi connectivity index (χ4n) is 1.94. The van der Waals surface area contributed by atoms with E-state index >= 15 is 0 Å². The molecule has 5 heteroatoms. The van der Waals surface area contributed by atoms with Crippen LogP contribution < -0.4 is 10.1 Å². The minimum Gasteiger partial charge on any atom is -0.497 e. The van der Waals surface area contributed by atoms with Crippen LogP contribution in [0.4, 0.5) is 4.39 Å². The van der Waals surface area contributed by atoms with Gasteiger partial charge in [0.2, 0.25) is 0 Å². The molecule has 106 valence electrons. The van der Waals surface area contributed by atoms with Crippen molar-refractivity contribution in [3.05, 3.63) is 29.6 Å². The standard InChI is InChI=1S/C14H20FNO3/c1-4-14(5-2,13(17)18)16-9-10-6-7-11(19-3)8-12(10)15/h6-8,16H,4-5,9H2,1-3H3,(H,17,18). The Hall–Kier alpha value is -1.62. The molecule has 0 aliphatic carbocycles. The zero-order chi connectivity index (χ0) is 14.5. The second-order valence-electron chi connectivity index (χ2n) is 4.41. The third-order valence-electron chi connectivity index (χ3n) is 3.49. The lowest BCUT2D eigenvalue weighted by Crippen LogP contribution is -2.50. The summed E-state index contributed by atoms with van der Waals surface area (Å²) in [4.78, 5) is 11.3. The molecule has 0 spiro atoms. The first kappa shape index (κ1) is 15.4. The van der Waals surface area contributed by atoms with Gasteiger partial charge in [-0.05, 0) is 18.9 Å². The molecule has 19 heavy (non-hydrogen) atoms. The number of rotatable bonds is 7. The molecule has 0 radical (unpaired) electrons. The molecule has 0 atom stereocenters. The fourth-order valence-corrected chi connectivity index (χ4v) is 1.94. The highest BCUT2D eigenvalue weighted by Gasteiger charge is 2.34. The van der Waals surface area contributed by atoms with Gasteiger partial charge in [0.1, 0.15) is 17.1 Å². The molecular formula is C14H20FNO3. The molecule has 0 saturated heterocycles. The predicted octanol–water partition coefficient (Wildman–Crippen LogP) is 2.57. The predicted molar refractivity (Wildman–Crippen MR) is 70.7 cm³/mol. The van der Waals surface area contributed by atoms with Gasteiger partial charge in [0.15, 0.2) is 0 Å². The summed E-state index contributed by atoms with van der Waals surface area (Å²) < 4.78 is 18.7. The molecule has 0 fully saturated rings. The third kappa shape index (κ3) is 3.44. The number of carbonyl (C=O) groups is 1. The van der Waals surface area contributed by atoms with Crippen LogP contribution in [0.5, 0.6) is 5.75 Å².